The minimum atomic E-state index is -2.59. The molecule has 72 valence electrons. The van der Waals surface area contributed by atoms with Crippen molar-refractivity contribution < 1.29 is 13.9 Å². The lowest BCUT2D eigenvalue weighted by Gasteiger charge is -2.07. The molecule has 1 aromatic heterocycles. The lowest BCUT2D eigenvalue weighted by molar-refractivity contribution is 0.149. The second-order valence-corrected chi connectivity index (χ2v) is 3.12. The third-order valence-electron chi connectivity index (χ3n) is 1.67. The number of rotatable bonds is 2. The van der Waals surface area contributed by atoms with Gasteiger partial charge in [0.15, 0.2) is 0 Å². The standard InChI is InChI=1S/C8H8BrF2NO/c1-4-5(8(10)11)2-7(13)6(3-9)12-4/h2,8,13H,3H2,1H3. The highest BCUT2D eigenvalue weighted by atomic mass is 79.9. The summed E-state index contributed by atoms with van der Waals surface area (Å²) in [5, 5.41) is 9.59. The summed E-state index contributed by atoms with van der Waals surface area (Å²) < 4.78 is 24.6. The van der Waals surface area contributed by atoms with Gasteiger partial charge in [0.25, 0.3) is 6.43 Å². The Kier molecular flexibility index (Phi) is 3.19. The maximum Gasteiger partial charge on any atom is 0.265 e. The van der Waals surface area contributed by atoms with Gasteiger partial charge in [0.1, 0.15) is 5.75 Å². The molecular weight excluding hydrogens is 244 g/mol. The van der Waals surface area contributed by atoms with E-state index in [-0.39, 0.29) is 17.0 Å². The zero-order valence-corrected chi connectivity index (χ0v) is 8.48. The van der Waals surface area contributed by atoms with Gasteiger partial charge in [-0.05, 0) is 13.0 Å². The first-order chi connectivity index (χ1) is 6.06. The molecule has 2 nitrogen and oxygen atoms in total. The van der Waals surface area contributed by atoms with E-state index in [1.807, 2.05) is 0 Å². The van der Waals surface area contributed by atoms with Crippen LogP contribution in [0.3, 0.4) is 0 Å². The number of halogens is 3. The van der Waals surface area contributed by atoms with Gasteiger partial charge in [-0.1, -0.05) is 15.9 Å². The Morgan fingerprint density at radius 1 is 1.62 bits per heavy atom. The minimum Gasteiger partial charge on any atom is -0.506 e. The molecule has 1 heterocycles. The molecule has 5 heteroatoms. The largest absolute Gasteiger partial charge is 0.506 e. The number of alkyl halides is 3. The topological polar surface area (TPSA) is 33.1 Å². The van der Waals surface area contributed by atoms with Crippen LogP contribution in [0.4, 0.5) is 8.78 Å². The van der Waals surface area contributed by atoms with Gasteiger partial charge in [0.05, 0.1) is 5.69 Å². The summed E-state index contributed by atoms with van der Waals surface area (Å²) in [5.41, 5.74) is 0.409. The molecule has 1 rings (SSSR count). The van der Waals surface area contributed by atoms with E-state index in [1.54, 1.807) is 0 Å². The second kappa shape index (κ2) is 4.00. The number of pyridine rings is 1. The Bertz CT molecular complexity index is 317. The lowest BCUT2D eigenvalue weighted by Crippen LogP contribution is -1.97. The van der Waals surface area contributed by atoms with E-state index in [9.17, 15) is 13.9 Å². The molecule has 0 atom stereocenters. The van der Waals surface area contributed by atoms with Crippen LogP contribution in [0.1, 0.15) is 23.4 Å². The number of hydrogen-bond donors (Lipinski definition) is 1. The van der Waals surface area contributed by atoms with Crippen molar-refractivity contribution in [1.82, 2.24) is 4.98 Å². The maximum atomic E-state index is 12.3. The highest BCUT2D eigenvalue weighted by Gasteiger charge is 2.14. The van der Waals surface area contributed by atoms with Crippen molar-refractivity contribution in [3.63, 3.8) is 0 Å². The van der Waals surface area contributed by atoms with Crippen LogP contribution in [0.2, 0.25) is 0 Å². The first kappa shape index (κ1) is 10.4. The van der Waals surface area contributed by atoms with Crippen LogP contribution in [0.5, 0.6) is 5.75 Å². The quantitative estimate of drug-likeness (QED) is 0.821. The van der Waals surface area contributed by atoms with Gasteiger partial charge >= 0.3 is 0 Å². The zero-order valence-electron chi connectivity index (χ0n) is 6.89. The van der Waals surface area contributed by atoms with Crippen molar-refractivity contribution in [3.05, 3.63) is 23.0 Å². The Balaban J connectivity index is 3.20. The van der Waals surface area contributed by atoms with Gasteiger partial charge in [0, 0.05) is 16.6 Å². The second-order valence-electron chi connectivity index (χ2n) is 2.56. The van der Waals surface area contributed by atoms with Crippen LogP contribution in [0.15, 0.2) is 6.07 Å². The normalized spacial score (nSPS) is 10.8. The van der Waals surface area contributed by atoms with Crippen LogP contribution in [-0.2, 0) is 5.33 Å². The van der Waals surface area contributed by atoms with Crippen molar-refractivity contribution in [2.24, 2.45) is 0 Å². The fourth-order valence-electron chi connectivity index (χ4n) is 0.979. The number of hydrogen-bond acceptors (Lipinski definition) is 2. The molecule has 0 radical (unpaired) electrons. The van der Waals surface area contributed by atoms with Gasteiger partial charge in [-0.15, -0.1) is 0 Å². The van der Waals surface area contributed by atoms with Gasteiger partial charge in [-0.25, -0.2) is 8.78 Å². The number of aryl methyl sites for hydroxylation is 1. The number of aromatic hydroxyl groups is 1. The number of aromatic nitrogens is 1. The summed E-state index contributed by atoms with van der Waals surface area (Å²) in [6.07, 6.45) is -2.59. The van der Waals surface area contributed by atoms with E-state index >= 15 is 0 Å². The lowest BCUT2D eigenvalue weighted by atomic mass is 10.2. The smallest absolute Gasteiger partial charge is 0.265 e. The Morgan fingerprint density at radius 3 is 2.69 bits per heavy atom. The molecule has 0 spiro atoms. The molecule has 0 amide bonds. The summed E-state index contributed by atoms with van der Waals surface area (Å²) in [6, 6.07) is 1.06. The molecule has 0 unspecified atom stereocenters. The Hall–Kier alpha value is -0.710. The first-order valence-corrected chi connectivity index (χ1v) is 4.72. The summed E-state index contributed by atoms with van der Waals surface area (Å²) >= 11 is 3.09. The van der Waals surface area contributed by atoms with Crippen LogP contribution >= 0.6 is 15.9 Å². The average molecular weight is 252 g/mol. The van der Waals surface area contributed by atoms with E-state index in [2.05, 4.69) is 20.9 Å². The monoisotopic (exact) mass is 251 g/mol. The summed E-state index contributed by atoms with van der Waals surface area (Å²) in [7, 11) is 0. The molecule has 0 aliphatic heterocycles. The van der Waals surface area contributed by atoms with E-state index in [0.717, 1.165) is 6.07 Å². The molecule has 1 N–H and O–H groups in total. The van der Waals surface area contributed by atoms with Crippen molar-refractivity contribution in [2.45, 2.75) is 18.7 Å². The summed E-state index contributed by atoms with van der Waals surface area (Å²) in [5.74, 6) is -0.197. The average Bonchev–Trinajstić information content (AvgIpc) is 2.07. The van der Waals surface area contributed by atoms with Crippen LogP contribution < -0.4 is 0 Å². The van der Waals surface area contributed by atoms with Crippen molar-refractivity contribution >= 4 is 15.9 Å². The van der Waals surface area contributed by atoms with Crippen LogP contribution in [-0.4, -0.2) is 10.1 Å². The fourth-order valence-corrected chi connectivity index (χ4v) is 1.39. The fraction of sp³-hybridized carbons (Fsp3) is 0.375. The third-order valence-corrected chi connectivity index (χ3v) is 2.20. The molecule has 0 saturated carbocycles. The Labute approximate surface area is 82.7 Å². The molecule has 13 heavy (non-hydrogen) atoms. The van der Waals surface area contributed by atoms with Crippen molar-refractivity contribution in [1.29, 1.82) is 0 Å². The molecule has 0 aliphatic rings. The van der Waals surface area contributed by atoms with Gasteiger partial charge < -0.3 is 5.11 Å². The highest BCUT2D eigenvalue weighted by molar-refractivity contribution is 9.08. The van der Waals surface area contributed by atoms with E-state index in [0.29, 0.717) is 11.0 Å². The maximum absolute atomic E-state index is 12.3. The van der Waals surface area contributed by atoms with E-state index < -0.39 is 6.43 Å². The Morgan fingerprint density at radius 2 is 2.23 bits per heavy atom. The highest BCUT2D eigenvalue weighted by Crippen LogP contribution is 2.27. The molecule has 0 saturated heterocycles. The molecule has 0 bridgehead atoms. The van der Waals surface area contributed by atoms with Gasteiger partial charge in [-0.3, -0.25) is 4.98 Å². The van der Waals surface area contributed by atoms with Gasteiger partial charge in [0.2, 0.25) is 0 Å². The van der Waals surface area contributed by atoms with E-state index in [1.165, 1.54) is 6.92 Å². The molecule has 1 aromatic rings. The predicted molar refractivity (Wildman–Crippen MR) is 48.2 cm³/mol. The van der Waals surface area contributed by atoms with Gasteiger partial charge in [-0.2, -0.15) is 0 Å². The SMILES string of the molecule is Cc1nc(CBr)c(O)cc1C(F)F. The zero-order chi connectivity index (χ0) is 10.0. The minimum absolute atomic E-state index is 0.197. The number of nitrogens with zero attached hydrogens (tertiary/aromatic N) is 1. The van der Waals surface area contributed by atoms with Crippen molar-refractivity contribution in [3.8, 4) is 5.75 Å². The molecule has 0 aliphatic carbocycles. The van der Waals surface area contributed by atoms with E-state index in [4.69, 9.17) is 0 Å². The van der Waals surface area contributed by atoms with Crippen LogP contribution in [0.25, 0.3) is 0 Å². The molecule has 0 fully saturated rings. The third kappa shape index (κ3) is 2.15. The predicted octanol–water partition coefficient (Wildman–Crippen LogP) is 2.93. The van der Waals surface area contributed by atoms with Crippen LogP contribution in [0, 0.1) is 6.92 Å². The summed E-state index contributed by atoms with van der Waals surface area (Å²) in [6.45, 7) is 1.49. The molecular formula is C8H8BrF2NO. The summed E-state index contributed by atoms with van der Waals surface area (Å²) in [4.78, 5) is 3.84. The van der Waals surface area contributed by atoms with Crippen molar-refractivity contribution in [2.75, 3.05) is 0 Å². The first-order valence-electron chi connectivity index (χ1n) is 3.59. The molecule has 0 aromatic carbocycles.